The predicted octanol–water partition coefficient (Wildman–Crippen LogP) is 4.29. The molecule has 6 heteroatoms. The fourth-order valence-corrected chi connectivity index (χ4v) is 3.49. The van der Waals surface area contributed by atoms with Crippen molar-refractivity contribution in [2.75, 3.05) is 26.2 Å². The van der Waals surface area contributed by atoms with Gasteiger partial charge in [0.2, 0.25) is 0 Å². The molecule has 2 atom stereocenters. The number of benzene rings is 1. The van der Waals surface area contributed by atoms with Crippen LogP contribution >= 0.6 is 11.8 Å². The third-order valence-corrected chi connectivity index (χ3v) is 4.92. The highest BCUT2D eigenvalue weighted by atomic mass is 32.2. The molecule has 22 heavy (non-hydrogen) atoms. The Balaban J connectivity index is 2.16. The smallest absolute Gasteiger partial charge is 0.314 e. The Kier molecular flexibility index (Phi) is 6.17. The van der Waals surface area contributed by atoms with Crippen molar-refractivity contribution in [1.29, 1.82) is 0 Å². The van der Waals surface area contributed by atoms with Crippen LogP contribution < -0.4 is 5.32 Å². The molecule has 0 saturated carbocycles. The van der Waals surface area contributed by atoms with Gasteiger partial charge in [0.1, 0.15) is 0 Å². The van der Waals surface area contributed by atoms with Crippen LogP contribution in [0, 0.1) is 5.92 Å². The van der Waals surface area contributed by atoms with Crippen LogP contribution in [0.15, 0.2) is 29.2 Å². The number of hydrogen-bond donors (Lipinski definition) is 1. The fraction of sp³-hybridized carbons (Fsp3) is 0.625. The van der Waals surface area contributed by atoms with Crippen molar-refractivity contribution in [2.24, 2.45) is 5.92 Å². The van der Waals surface area contributed by atoms with Gasteiger partial charge in [-0.15, -0.1) is 0 Å². The molecule has 1 N–H and O–H groups in total. The van der Waals surface area contributed by atoms with Crippen LogP contribution in [0.25, 0.3) is 0 Å². The van der Waals surface area contributed by atoms with Crippen LogP contribution in [0.1, 0.15) is 31.9 Å². The summed E-state index contributed by atoms with van der Waals surface area (Å²) in [7, 11) is 0. The quantitative estimate of drug-likeness (QED) is 0.810. The van der Waals surface area contributed by atoms with E-state index >= 15 is 0 Å². The number of thioether (sulfide) groups is 1. The average molecular weight is 332 g/mol. The Morgan fingerprint density at radius 2 is 1.77 bits per heavy atom. The lowest BCUT2D eigenvalue weighted by Gasteiger charge is -2.38. The molecule has 1 heterocycles. The highest BCUT2D eigenvalue weighted by molar-refractivity contribution is 8.00. The molecule has 0 aliphatic carbocycles. The lowest BCUT2D eigenvalue weighted by Crippen LogP contribution is -2.46. The van der Waals surface area contributed by atoms with Crippen molar-refractivity contribution < 1.29 is 13.2 Å². The van der Waals surface area contributed by atoms with E-state index in [9.17, 15) is 13.2 Å². The highest BCUT2D eigenvalue weighted by Crippen LogP contribution is 2.38. The SMILES string of the molecule is CCC(C)[C@H](c1ccc(SC(F)(F)F)cc1)N1CCNCC1. The minimum atomic E-state index is -4.23. The van der Waals surface area contributed by atoms with Gasteiger partial charge in [-0.05, 0) is 35.4 Å². The maximum Gasteiger partial charge on any atom is 0.446 e. The molecule has 1 fully saturated rings. The lowest BCUT2D eigenvalue weighted by atomic mass is 9.90. The van der Waals surface area contributed by atoms with Gasteiger partial charge in [-0.3, -0.25) is 4.90 Å². The van der Waals surface area contributed by atoms with Gasteiger partial charge in [0.05, 0.1) is 0 Å². The summed E-state index contributed by atoms with van der Waals surface area (Å²) in [5.74, 6) is 0.471. The first-order valence-corrected chi connectivity index (χ1v) is 8.53. The first kappa shape index (κ1) is 17.6. The van der Waals surface area contributed by atoms with Gasteiger partial charge < -0.3 is 5.32 Å². The summed E-state index contributed by atoms with van der Waals surface area (Å²) in [6.45, 7) is 8.27. The van der Waals surface area contributed by atoms with Gasteiger partial charge in [0, 0.05) is 37.1 Å². The van der Waals surface area contributed by atoms with E-state index in [-0.39, 0.29) is 22.7 Å². The van der Waals surface area contributed by atoms with E-state index in [0.717, 1.165) is 38.2 Å². The Hall–Kier alpha value is -0.720. The molecule has 2 nitrogen and oxygen atoms in total. The number of hydrogen-bond acceptors (Lipinski definition) is 3. The molecule has 1 aliphatic rings. The van der Waals surface area contributed by atoms with Gasteiger partial charge >= 0.3 is 5.51 Å². The van der Waals surface area contributed by atoms with Gasteiger partial charge in [0.15, 0.2) is 0 Å². The van der Waals surface area contributed by atoms with Crippen LogP contribution in [0.2, 0.25) is 0 Å². The lowest BCUT2D eigenvalue weighted by molar-refractivity contribution is -0.0328. The van der Waals surface area contributed by atoms with Crippen LogP contribution in [0.4, 0.5) is 13.2 Å². The van der Waals surface area contributed by atoms with Crippen molar-refractivity contribution in [3.63, 3.8) is 0 Å². The average Bonchev–Trinajstić information content (AvgIpc) is 2.48. The van der Waals surface area contributed by atoms with Crippen molar-refractivity contribution >= 4 is 11.8 Å². The normalized spacial score (nSPS) is 19.9. The van der Waals surface area contributed by atoms with E-state index in [1.54, 1.807) is 12.1 Å². The number of rotatable bonds is 5. The third-order valence-electron chi connectivity index (χ3n) is 4.18. The van der Waals surface area contributed by atoms with Gasteiger partial charge in [-0.2, -0.15) is 13.2 Å². The second-order valence-corrected chi connectivity index (χ2v) is 6.87. The van der Waals surface area contributed by atoms with E-state index in [1.807, 2.05) is 12.1 Å². The molecular formula is C16H23F3N2S. The Morgan fingerprint density at radius 3 is 2.27 bits per heavy atom. The maximum atomic E-state index is 12.4. The zero-order chi connectivity index (χ0) is 16.2. The molecule has 124 valence electrons. The zero-order valence-corrected chi connectivity index (χ0v) is 13.8. The first-order valence-electron chi connectivity index (χ1n) is 7.71. The Bertz CT molecular complexity index is 455. The molecule has 1 saturated heterocycles. The third kappa shape index (κ3) is 4.89. The van der Waals surface area contributed by atoms with Gasteiger partial charge in [-0.1, -0.05) is 32.4 Å². The van der Waals surface area contributed by atoms with Crippen molar-refractivity contribution in [3.05, 3.63) is 29.8 Å². The van der Waals surface area contributed by atoms with Crippen molar-refractivity contribution in [3.8, 4) is 0 Å². The highest BCUT2D eigenvalue weighted by Gasteiger charge is 2.30. The summed E-state index contributed by atoms with van der Waals surface area (Å²) in [4.78, 5) is 2.69. The molecular weight excluding hydrogens is 309 g/mol. The molecule has 1 aromatic rings. The summed E-state index contributed by atoms with van der Waals surface area (Å²) >= 11 is -0.0527. The fourth-order valence-electron chi connectivity index (χ4n) is 2.95. The second-order valence-electron chi connectivity index (χ2n) is 5.73. The molecule has 0 spiro atoms. The number of piperazine rings is 1. The molecule has 2 rings (SSSR count). The largest absolute Gasteiger partial charge is 0.446 e. The zero-order valence-electron chi connectivity index (χ0n) is 13.0. The van der Waals surface area contributed by atoms with Crippen LogP contribution in [-0.2, 0) is 0 Å². The topological polar surface area (TPSA) is 15.3 Å². The monoisotopic (exact) mass is 332 g/mol. The van der Waals surface area contributed by atoms with Crippen molar-refractivity contribution in [1.82, 2.24) is 10.2 Å². The first-order chi connectivity index (χ1) is 10.4. The van der Waals surface area contributed by atoms with Crippen LogP contribution in [-0.4, -0.2) is 36.6 Å². The van der Waals surface area contributed by atoms with Gasteiger partial charge in [0.25, 0.3) is 0 Å². The van der Waals surface area contributed by atoms with Crippen LogP contribution in [0.5, 0.6) is 0 Å². The summed E-state index contributed by atoms with van der Waals surface area (Å²) in [5.41, 5.74) is -3.11. The molecule has 1 unspecified atom stereocenters. The summed E-state index contributed by atoms with van der Waals surface area (Å²) < 4.78 is 37.3. The summed E-state index contributed by atoms with van der Waals surface area (Å²) in [6, 6.07) is 7.16. The number of alkyl halides is 3. The maximum absolute atomic E-state index is 12.4. The Labute approximate surface area is 134 Å². The minimum Gasteiger partial charge on any atom is -0.314 e. The molecule has 0 radical (unpaired) electrons. The van der Waals surface area contributed by atoms with E-state index in [1.165, 1.54) is 0 Å². The van der Waals surface area contributed by atoms with E-state index in [2.05, 4.69) is 24.1 Å². The summed E-state index contributed by atoms with van der Waals surface area (Å²) in [6.07, 6.45) is 1.05. The van der Waals surface area contributed by atoms with Gasteiger partial charge in [-0.25, -0.2) is 0 Å². The van der Waals surface area contributed by atoms with Crippen LogP contribution in [0.3, 0.4) is 0 Å². The molecule has 1 aromatic carbocycles. The molecule has 1 aliphatic heterocycles. The second kappa shape index (κ2) is 7.70. The molecule has 0 aromatic heterocycles. The van der Waals surface area contributed by atoms with Crippen molar-refractivity contribution in [2.45, 2.75) is 36.7 Å². The number of halogens is 3. The molecule has 0 bridgehead atoms. The van der Waals surface area contributed by atoms with E-state index in [4.69, 9.17) is 0 Å². The van der Waals surface area contributed by atoms with E-state index in [0.29, 0.717) is 5.92 Å². The minimum absolute atomic E-state index is 0.0527. The summed E-state index contributed by atoms with van der Waals surface area (Å²) in [5, 5.41) is 3.34. The number of nitrogens with one attached hydrogen (secondary N) is 1. The molecule has 0 amide bonds. The van der Waals surface area contributed by atoms with E-state index < -0.39 is 5.51 Å². The standard InChI is InChI=1S/C16H23F3N2S/c1-3-12(2)15(21-10-8-20-9-11-21)13-4-6-14(7-5-13)22-16(17,18)19/h4-7,12,15,20H,3,8-11H2,1-2H3/t12?,15-/m1/s1. The predicted molar refractivity (Wildman–Crippen MR) is 85.0 cm³/mol. The Morgan fingerprint density at radius 1 is 1.18 bits per heavy atom. The number of nitrogens with zero attached hydrogens (tertiary/aromatic N) is 1.